The Morgan fingerprint density at radius 3 is 2.80 bits per heavy atom. The molecule has 1 aromatic heterocycles. The number of para-hydroxylation sites is 1. The molecule has 2 aromatic carbocycles. The number of hydrogen-bond acceptors (Lipinski definition) is 7. The van der Waals surface area contributed by atoms with Crippen molar-refractivity contribution in [3.63, 3.8) is 0 Å². The van der Waals surface area contributed by atoms with E-state index in [4.69, 9.17) is 19.2 Å². The van der Waals surface area contributed by atoms with Crippen LogP contribution in [0.15, 0.2) is 48.5 Å². The summed E-state index contributed by atoms with van der Waals surface area (Å²) in [7, 11) is 1.74. The minimum atomic E-state index is -0.686. The van der Waals surface area contributed by atoms with E-state index in [1.165, 1.54) is 11.1 Å². The highest BCUT2D eigenvalue weighted by atomic mass is 16.5. The number of ether oxygens (including phenoxy) is 3. The van der Waals surface area contributed by atoms with Crippen molar-refractivity contribution in [2.75, 3.05) is 44.9 Å². The van der Waals surface area contributed by atoms with Crippen LogP contribution in [0.25, 0.3) is 11.3 Å². The van der Waals surface area contributed by atoms with E-state index in [9.17, 15) is 9.90 Å². The summed E-state index contributed by atoms with van der Waals surface area (Å²) in [5, 5.41) is 9.70. The molecule has 3 fully saturated rings. The van der Waals surface area contributed by atoms with Gasteiger partial charge in [0.25, 0.3) is 0 Å². The molecule has 2 atom stereocenters. The number of carboxylic acids is 1. The van der Waals surface area contributed by atoms with Crippen molar-refractivity contribution in [2.45, 2.75) is 39.0 Å². The third-order valence-corrected chi connectivity index (χ3v) is 9.25. The van der Waals surface area contributed by atoms with Crippen molar-refractivity contribution in [2.24, 2.45) is 11.3 Å². The SMILES string of the molecule is COc1cc(COc2c(C)cccc2-c2cccc(N3C[C@@H]4C[C@]4(C(=O)O)C3)n2)cc2c1CN(C1COC1)CC2. The van der Waals surface area contributed by atoms with Crippen LogP contribution in [0.5, 0.6) is 11.5 Å². The lowest BCUT2D eigenvalue weighted by Gasteiger charge is -2.40. The molecule has 0 unspecified atom stereocenters. The summed E-state index contributed by atoms with van der Waals surface area (Å²) in [6.07, 6.45) is 1.76. The number of carboxylic acid groups (broad SMARTS) is 1. The average Bonchev–Trinajstić information content (AvgIpc) is 3.51. The number of anilines is 1. The van der Waals surface area contributed by atoms with Crippen LogP contribution < -0.4 is 14.4 Å². The molecule has 8 nitrogen and oxygen atoms in total. The van der Waals surface area contributed by atoms with Crippen molar-refractivity contribution in [3.05, 3.63) is 70.8 Å². The van der Waals surface area contributed by atoms with E-state index in [1.807, 2.05) is 30.3 Å². The second kappa shape index (κ2) is 9.78. The summed E-state index contributed by atoms with van der Waals surface area (Å²) in [5.74, 6) is 2.08. The van der Waals surface area contributed by atoms with E-state index < -0.39 is 11.4 Å². The summed E-state index contributed by atoms with van der Waals surface area (Å²) in [6, 6.07) is 17.0. The molecule has 40 heavy (non-hydrogen) atoms. The lowest BCUT2D eigenvalue weighted by atomic mass is 9.95. The third kappa shape index (κ3) is 4.30. The fourth-order valence-electron chi connectivity index (χ4n) is 6.67. The number of methoxy groups -OCH3 is 1. The molecule has 2 saturated heterocycles. The quantitative estimate of drug-likeness (QED) is 0.452. The van der Waals surface area contributed by atoms with Crippen LogP contribution in [-0.2, 0) is 29.1 Å². The van der Waals surface area contributed by atoms with Crippen LogP contribution in [0.4, 0.5) is 5.82 Å². The summed E-state index contributed by atoms with van der Waals surface area (Å²) < 4.78 is 17.7. The van der Waals surface area contributed by atoms with Crippen molar-refractivity contribution in [3.8, 4) is 22.8 Å². The first-order valence-electron chi connectivity index (χ1n) is 14.1. The first kappa shape index (κ1) is 25.4. The van der Waals surface area contributed by atoms with Gasteiger partial charge in [0.15, 0.2) is 0 Å². The Labute approximate surface area is 234 Å². The van der Waals surface area contributed by atoms with Crippen LogP contribution in [0.1, 0.15) is 28.7 Å². The maximum atomic E-state index is 11.8. The topological polar surface area (TPSA) is 84.4 Å². The molecule has 1 aliphatic carbocycles. The second-order valence-electron chi connectivity index (χ2n) is 11.7. The normalized spacial score (nSPS) is 23.8. The number of carbonyl (C=O) groups is 1. The molecule has 0 spiro atoms. The van der Waals surface area contributed by atoms with Crippen LogP contribution >= 0.6 is 0 Å². The maximum absolute atomic E-state index is 11.8. The van der Waals surface area contributed by atoms with E-state index in [-0.39, 0.29) is 5.92 Å². The number of aryl methyl sites for hydroxylation is 1. The van der Waals surface area contributed by atoms with E-state index in [0.29, 0.717) is 19.2 Å². The molecule has 1 saturated carbocycles. The first-order valence-corrected chi connectivity index (χ1v) is 14.1. The summed E-state index contributed by atoms with van der Waals surface area (Å²) >= 11 is 0. The van der Waals surface area contributed by atoms with Gasteiger partial charge in [-0.15, -0.1) is 0 Å². The lowest BCUT2D eigenvalue weighted by Crippen LogP contribution is -2.50. The van der Waals surface area contributed by atoms with Gasteiger partial charge in [0, 0.05) is 37.3 Å². The molecule has 8 heteroatoms. The molecule has 7 rings (SSSR count). The van der Waals surface area contributed by atoms with Gasteiger partial charge in [-0.25, -0.2) is 4.98 Å². The average molecular weight is 542 g/mol. The van der Waals surface area contributed by atoms with Gasteiger partial charge in [0.2, 0.25) is 0 Å². The van der Waals surface area contributed by atoms with Crippen molar-refractivity contribution in [1.82, 2.24) is 9.88 Å². The Kier molecular flexibility index (Phi) is 6.20. The zero-order valence-corrected chi connectivity index (χ0v) is 23.1. The summed E-state index contributed by atoms with van der Waals surface area (Å²) in [5.41, 5.74) is 5.90. The fourth-order valence-corrected chi connectivity index (χ4v) is 6.67. The molecule has 0 bridgehead atoms. The zero-order chi connectivity index (χ0) is 27.4. The molecular weight excluding hydrogens is 506 g/mol. The van der Waals surface area contributed by atoms with Crippen LogP contribution in [-0.4, -0.2) is 67.0 Å². The van der Waals surface area contributed by atoms with Gasteiger partial charge < -0.3 is 24.2 Å². The zero-order valence-electron chi connectivity index (χ0n) is 23.1. The van der Waals surface area contributed by atoms with Gasteiger partial charge >= 0.3 is 5.97 Å². The number of hydrogen-bond donors (Lipinski definition) is 1. The monoisotopic (exact) mass is 541 g/mol. The fraction of sp³-hybridized carbons (Fsp3) is 0.438. The Morgan fingerprint density at radius 1 is 1.20 bits per heavy atom. The standard InChI is InChI=1S/C32H35N3O5/c1-20-5-3-6-25(27-7-4-8-29(33-27)35-14-23-13-32(23,19-35)31(36)37)30(20)40-16-21-11-22-9-10-34(24-17-39-18-24)15-26(22)28(12-21)38-2/h3-8,11-12,23-24H,9-10,13-19H2,1-2H3,(H,36,37)/t23-,32-/m0/s1. The highest BCUT2D eigenvalue weighted by Gasteiger charge is 2.65. The molecule has 4 heterocycles. The van der Waals surface area contributed by atoms with E-state index >= 15 is 0 Å². The molecule has 3 aromatic rings. The van der Waals surface area contributed by atoms with Gasteiger partial charge in [0.1, 0.15) is 23.9 Å². The molecule has 0 amide bonds. The number of pyridine rings is 1. The van der Waals surface area contributed by atoms with E-state index in [0.717, 1.165) is 85.4 Å². The molecular formula is C32H35N3O5. The summed E-state index contributed by atoms with van der Waals surface area (Å²) in [6.45, 7) is 7.31. The van der Waals surface area contributed by atoms with Gasteiger partial charge in [-0.3, -0.25) is 9.69 Å². The van der Waals surface area contributed by atoms with Crippen molar-refractivity contribution < 1.29 is 24.1 Å². The Morgan fingerprint density at radius 2 is 2.05 bits per heavy atom. The smallest absolute Gasteiger partial charge is 0.311 e. The number of aliphatic carboxylic acids is 1. The number of benzene rings is 2. The Hall–Kier alpha value is -3.62. The summed E-state index contributed by atoms with van der Waals surface area (Å²) in [4.78, 5) is 21.4. The predicted molar refractivity (Wildman–Crippen MR) is 151 cm³/mol. The van der Waals surface area contributed by atoms with Crippen LogP contribution in [0.3, 0.4) is 0 Å². The highest BCUT2D eigenvalue weighted by Crippen LogP contribution is 2.58. The second-order valence-corrected chi connectivity index (χ2v) is 11.7. The molecule has 208 valence electrons. The Balaban J connectivity index is 1.11. The van der Waals surface area contributed by atoms with Gasteiger partial charge in [0.05, 0.1) is 37.5 Å². The minimum Gasteiger partial charge on any atom is -0.496 e. The van der Waals surface area contributed by atoms with Crippen LogP contribution in [0, 0.1) is 18.3 Å². The molecule has 4 aliphatic rings. The number of nitrogens with zero attached hydrogens (tertiary/aromatic N) is 3. The largest absolute Gasteiger partial charge is 0.496 e. The lowest BCUT2D eigenvalue weighted by molar-refractivity contribution is -0.143. The van der Waals surface area contributed by atoms with E-state index in [1.54, 1.807) is 7.11 Å². The van der Waals surface area contributed by atoms with E-state index in [2.05, 4.69) is 34.9 Å². The number of piperidine rings is 1. The first-order chi connectivity index (χ1) is 19.4. The van der Waals surface area contributed by atoms with Crippen LogP contribution in [0.2, 0.25) is 0 Å². The molecule has 3 aliphatic heterocycles. The van der Waals surface area contributed by atoms with Gasteiger partial charge in [-0.1, -0.05) is 24.3 Å². The third-order valence-electron chi connectivity index (χ3n) is 9.25. The molecule has 0 radical (unpaired) electrons. The highest BCUT2D eigenvalue weighted by molar-refractivity contribution is 5.81. The molecule has 1 N–H and O–H groups in total. The minimum absolute atomic E-state index is 0.220. The predicted octanol–water partition coefficient (Wildman–Crippen LogP) is 4.31. The van der Waals surface area contributed by atoms with Gasteiger partial charge in [-0.05, 0) is 66.6 Å². The van der Waals surface area contributed by atoms with Crippen molar-refractivity contribution >= 4 is 11.8 Å². The Bertz CT molecular complexity index is 1450. The van der Waals surface area contributed by atoms with Gasteiger partial charge in [-0.2, -0.15) is 0 Å². The number of rotatable bonds is 8. The number of aromatic nitrogens is 1. The number of fused-ring (bicyclic) bond motifs is 2. The maximum Gasteiger partial charge on any atom is 0.311 e. The van der Waals surface area contributed by atoms with Crippen molar-refractivity contribution in [1.29, 1.82) is 0 Å².